The topological polar surface area (TPSA) is 39.7 Å². The molecule has 4 nitrogen and oxygen atoms in total. The van der Waals surface area contributed by atoms with Crippen molar-refractivity contribution in [3.63, 3.8) is 0 Å². The normalized spacial score (nSPS) is 16.0. The van der Waals surface area contributed by atoms with Gasteiger partial charge in [0.05, 0.1) is 0 Å². The molecule has 5 heteroatoms. The summed E-state index contributed by atoms with van der Waals surface area (Å²) in [5.41, 5.74) is 3.02. The van der Waals surface area contributed by atoms with Crippen LogP contribution in [0, 0.1) is 0 Å². The van der Waals surface area contributed by atoms with E-state index in [-0.39, 0.29) is 24.0 Å². The number of nitrogens with one attached hydrogen (secondary N) is 2. The van der Waals surface area contributed by atoms with E-state index in [1.165, 1.54) is 24.1 Å². The van der Waals surface area contributed by atoms with Crippen LogP contribution in [0.2, 0.25) is 0 Å². The molecule has 1 aromatic carbocycles. The van der Waals surface area contributed by atoms with Crippen molar-refractivity contribution in [3.8, 4) is 0 Å². The van der Waals surface area contributed by atoms with Crippen LogP contribution in [0.25, 0.3) is 0 Å². The fourth-order valence-corrected chi connectivity index (χ4v) is 2.89. The van der Waals surface area contributed by atoms with E-state index >= 15 is 0 Å². The summed E-state index contributed by atoms with van der Waals surface area (Å²) in [6.07, 6.45) is 3.40. The highest BCUT2D eigenvalue weighted by Gasteiger charge is 2.14. The summed E-state index contributed by atoms with van der Waals surface area (Å²) in [6.45, 7) is 11.7. The lowest BCUT2D eigenvalue weighted by Crippen LogP contribution is -2.42. The molecular weight excluding hydrogens is 411 g/mol. The number of rotatable bonds is 7. The Kier molecular flexibility index (Phi) is 10.3. The minimum Gasteiger partial charge on any atom is -0.357 e. The van der Waals surface area contributed by atoms with Gasteiger partial charge >= 0.3 is 0 Å². The molecule has 0 radical (unpaired) electrons. The van der Waals surface area contributed by atoms with Crippen LogP contribution in [0.1, 0.15) is 44.7 Å². The van der Waals surface area contributed by atoms with Crippen LogP contribution < -0.4 is 10.6 Å². The van der Waals surface area contributed by atoms with Crippen LogP contribution >= 0.6 is 24.0 Å². The van der Waals surface area contributed by atoms with Gasteiger partial charge in [-0.3, -0.25) is 9.89 Å². The number of guanidine groups is 1. The molecule has 0 bridgehead atoms. The Morgan fingerprint density at radius 3 is 2.71 bits per heavy atom. The number of aliphatic imine (C=N–C) groups is 1. The zero-order chi connectivity index (χ0) is 16.5. The zero-order valence-electron chi connectivity index (χ0n) is 15.3. The van der Waals surface area contributed by atoms with E-state index in [0.29, 0.717) is 6.04 Å². The fraction of sp³-hybridized carbons (Fsp3) is 0.632. The Hall–Kier alpha value is -0.820. The molecule has 24 heavy (non-hydrogen) atoms. The van der Waals surface area contributed by atoms with Gasteiger partial charge in [-0.25, -0.2) is 0 Å². The molecule has 1 atom stereocenters. The molecule has 0 saturated heterocycles. The van der Waals surface area contributed by atoms with Gasteiger partial charge in [-0.05, 0) is 44.2 Å². The van der Waals surface area contributed by atoms with E-state index in [4.69, 9.17) is 4.99 Å². The lowest BCUT2D eigenvalue weighted by atomic mass is 10.00. The third-order valence-electron chi connectivity index (χ3n) is 4.45. The summed E-state index contributed by atoms with van der Waals surface area (Å²) in [4.78, 5) is 7.25. The summed E-state index contributed by atoms with van der Waals surface area (Å²) in [6, 6.07) is 9.29. The van der Waals surface area contributed by atoms with Crippen molar-refractivity contribution >= 4 is 29.9 Å². The molecule has 0 fully saturated rings. The van der Waals surface area contributed by atoms with Gasteiger partial charge in [0, 0.05) is 38.8 Å². The zero-order valence-corrected chi connectivity index (χ0v) is 17.7. The molecule has 1 unspecified atom stereocenters. The van der Waals surface area contributed by atoms with E-state index < -0.39 is 0 Å². The molecule has 0 aromatic heterocycles. The first kappa shape index (κ1) is 21.2. The first-order chi connectivity index (χ1) is 11.2. The van der Waals surface area contributed by atoms with Crippen LogP contribution in [0.5, 0.6) is 0 Å². The Balaban J connectivity index is 0.00000288. The number of fused-ring (bicyclic) bond motifs is 1. The predicted molar refractivity (Wildman–Crippen MR) is 114 cm³/mol. The van der Waals surface area contributed by atoms with Crippen LogP contribution in [0.4, 0.5) is 0 Å². The monoisotopic (exact) mass is 444 g/mol. The van der Waals surface area contributed by atoms with Crippen molar-refractivity contribution in [2.75, 3.05) is 26.2 Å². The van der Waals surface area contributed by atoms with E-state index in [1.807, 2.05) is 0 Å². The second kappa shape index (κ2) is 11.7. The average Bonchev–Trinajstić information content (AvgIpc) is 2.58. The summed E-state index contributed by atoms with van der Waals surface area (Å²) < 4.78 is 0. The summed E-state index contributed by atoms with van der Waals surface area (Å²) in [7, 11) is 0. The highest BCUT2D eigenvalue weighted by Crippen LogP contribution is 2.18. The number of hydrogen-bond acceptors (Lipinski definition) is 2. The number of hydrogen-bond donors (Lipinski definition) is 2. The summed E-state index contributed by atoms with van der Waals surface area (Å²) in [5.74, 6) is 0.950. The maximum atomic E-state index is 4.70. The van der Waals surface area contributed by atoms with Gasteiger partial charge in [0.1, 0.15) is 0 Å². The third-order valence-corrected chi connectivity index (χ3v) is 4.45. The molecule has 0 amide bonds. The Morgan fingerprint density at radius 2 is 2.00 bits per heavy atom. The molecular formula is C19H33IN4. The molecule has 2 N–H and O–H groups in total. The van der Waals surface area contributed by atoms with Crippen LogP contribution in [-0.2, 0) is 13.0 Å². The van der Waals surface area contributed by atoms with E-state index in [1.54, 1.807) is 0 Å². The maximum Gasteiger partial charge on any atom is 0.191 e. The summed E-state index contributed by atoms with van der Waals surface area (Å²) in [5, 5.41) is 6.77. The van der Waals surface area contributed by atoms with Gasteiger partial charge < -0.3 is 10.6 Å². The van der Waals surface area contributed by atoms with Crippen LogP contribution in [0.3, 0.4) is 0 Å². The molecule has 0 aliphatic carbocycles. The van der Waals surface area contributed by atoms with Gasteiger partial charge in [0.25, 0.3) is 0 Å². The van der Waals surface area contributed by atoms with E-state index in [9.17, 15) is 0 Å². The fourth-order valence-electron chi connectivity index (χ4n) is 2.89. The van der Waals surface area contributed by atoms with Crippen molar-refractivity contribution in [3.05, 3.63) is 35.4 Å². The molecule has 1 aromatic rings. The van der Waals surface area contributed by atoms with Gasteiger partial charge in [-0.15, -0.1) is 24.0 Å². The van der Waals surface area contributed by atoms with Crippen molar-refractivity contribution in [2.24, 2.45) is 4.99 Å². The summed E-state index contributed by atoms with van der Waals surface area (Å²) >= 11 is 0. The van der Waals surface area contributed by atoms with Gasteiger partial charge in [-0.1, -0.05) is 31.2 Å². The second-order valence-corrected chi connectivity index (χ2v) is 6.36. The van der Waals surface area contributed by atoms with Crippen LogP contribution in [-0.4, -0.2) is 43.1 Å². The first-order valence-electron chi connectivity index (χ1n) is 9.07. The number of nitrogens with zero attached hydrogens (tertiary/aromatic N) is 2. The molecule has 2 rings (SSSR count). The largest absolute Gasteiger partial charge is 0.357 e. The van der Waals surface area contributed by atoms with Crippen molar-refractivity contribution in [1.82, 2.24) is 15.5 Å². The predicted octanol–water partition coefficient (Wildman–Crippen LogP) is 3.41. The number of halogens is 1. The maximum absolute atomic E-state index is 4.70. The molecule has 1 heterocycles. The quantitative estimate of drug-likeness (QED) is 0.293. The minimum atomic E-state index is 0. The van der Waals surface area contributed by atoms with Gasteiger partial charge in [0.15, 0.2) is 5.96 Å². The van der Waals surface area contributed by atoms with Gasteiger partial charge in [-0.2, -0.15) is 0 Å². The van der Waals surface area contributed by atoms with E-state index in [0.717, 1.165) is 45.0 Å². The van der Waals surface area contributed by atoms with E-state index in [2.05, 4.69) is 60.6 Å². The molecule has 0 spiro atoms. The molecule has 0 saturated carbocycles. The average molecular weight is 444 g/mol. The standard InChI is InChI=1S/C19H32N4.HI/c1-4-16(3)22-19(20-5-2)21-12-8-13-23-14-11-17-9-6-7-10-18(17)15-23;/h6-7,9-10,16H,4-5,8,11-15H2,1-3H3,(H2,20,21,22);1H. The highest BCUT2D eigenvalue weighted by molar-refractivity contribution is 14.0. The van der Waals surface area contributed by atoms with Crippen molar-refractivity contribution in [2.45, 2.75) is 52.6 Å². The Morgan fingerprint density at radius 1 is 1.25 bits per heavy atom. The smallest absolute Gasteiger partial charge is 0.191 e. The lowest BCUT2D eigenvalue weighted by Gasteiger charge is -2.28. The second-order valence-electron chi connectivity index (χ2n) is 6.36. The van der Waals surface area contributed by atoms with Crippen molar-refractivity contribution < 1.29 is 0 Å². The SMILES string of the molecule is CCNC(=NCCCN1CCc2ccccc2C1)NC(C)CC.I. The lowest BCUT2D eigenvalue weighted by molar-refractivity contribution is 0.252. The van der Waals surface area contributed by atoms with Gasteiger partial charge in [0.2, 0.25) is 0 Å². The van der Waals surface area contributed by atoms with Crippen LogP contribution in [0.15, 0.2) is 29.3 Å². The minimum absolute atomic E-state index is 0. The molecule has 1 aliphatic heterocycles. The first-order valence-corrected chi connectivity index (χ1v) is 9.07. The number of benzene rings is 1. The highest BCUT2D eigenvalue weighted by atomic mass is 127. The Bertz CT molecular complexity index is 504. The third kappa shape index (κ3) is 6.97. The Labute approximate surface area is 164 Å². The van der Waals surface area contributed by atoms with Crippen molar-refractivity contribution in [1.29, 1.82) is 0 Å². The molecule has 1 aliphatic rings. The molecule has 136 valence electrons.